The third-order valence-electron chi connectivity index (χ3n) is 10.3. The SMILES string of the molecule is CC/C=C\C/C=C\C/C=C\C/C=C\C/C=C\CCCCCCCC(=O)NC(COC1OC(CO)C(O)C(O)C1O)C(O)/C=C/CCCCCCCCCCCCC. The summed E-state index contributed by atoms with van der Waals surface area (Å²) < 4.78 is 11.2. The topological polar surface area (TPSA) is 149 Å². The molecule has 0 aromatic heterocycles. The fraction of sp³-hybridized carbons (Fsp3) is 0.729. The highest BCUT2D eigenvalue weighted by atomic mass is 16.7. The Bertz CT molecular complexity index is 1120. The van der Waals surface area contributed by atoms with Crippen LogP contribution in [0.3, 0.4) is 0 Å². The minimum Gasteiger partial charge on any atom is -0.394 e. The van der Waals surface area contributed by atoms with Gasteiger partial charge in [-0.25, -0.2) is 0 Å². The summed E-state index contributed by atoms with van der Waals surface area (Å²) in [6.07, 6.45) is 43.6. The van der Waals surface area contributed by atoms with Crippen LogP contribution in [0.15, 0.2) is 72.9 Å². The third kappa shape index (κ3) is 28.7. The Labute approximate surface area is 347 Å². The maximum Gasteiger partial charge on any atom is 0.220 e. The van der Waals surface area contributed by atoms with Crippen LogP contribution in [0.25, 0.3) is 0 Å². The van der Waals surface area contributed by atoms with Crippen molar-refractivity contribution in [1.29, 1.82) is 0 Å². The standard InChI is InChI=1S/C48H83NO8/c1-3-5-7-9-11-13-15-17-18-19-20-21-22-23-24-26-28-30-32-34-36-38-44(52)49-41(40-56-48-47(55)46(54)45(53)43(39-50)57-48)42(51)37-35-33-31-29-27-25-16-14-12-10-8-6-4-2/h5,7,11,13,17-18,20-21,23-24,35,37,41-43,45-48,50-51,53-55H,3-4,6,8-10,12,14-16,19,22,25-34,36,38-40H2,1-2H3,(H,49,52)/b7-5-,13-11-,18-17-,21-20-,24-23-,37-35+. The second-order valence-electron chi connectivity index (χ2n) is 15.5. The lowest BCUT2D eigenvalue weighted by molar-refractivity contribution is -0.302. The van der Waals surface area contributed by atoms with Gasteiger partial charge in [-0.15, -0.1) is 0 Å². The molecule has 7 unspecified atom stereocenters. The van der Waals surface area contributed by atoms with Crippen LogP contribution in [0.4, 0.5) is 0 Å². The van der Waals surface area contributed by atoms with Gasteiger partial charge < -0.3 is 40.3 Å². The summed E-state index contributed by atoms with van der Waals surface area (Å²) in [5, 5.41) is 54.1. The van der Waals surface area contributed by atoms with Crippen molar-refractivity contribution < 1.29 is 39.8 Å². The Hall–Kier alpha value is -2.37. The van der Waals surface area contributed by atoms with Gasteiger partial charge in [0.15, 0.2) is 6.29 Å². The second-order valence-corrected chi connectivity index (χ2v) is 15.5. The van der Waals surface area contributed by atoms with Crippen molar-refractivity contribution in [3.8, 4) is 0 Å². The highest BCUT2D eigenvalue weighted by molar-refractivity contribution is 5.76. The number of ether oxygens (including phenoxy) is 2. The molecule has 1 heterocycles. The fourth-order valence-corrected chi connectivity index (χ4v) is 6.65. The van der Waals surface area contributed by atoms with Crippen LogP contribution in [0.1, 0.15) is 168 Å². The Morgan fingerprint density at radius 3 is 1.61 bits per heavy atom. The van der Waals surface area contributed by atoms with E-state index in [-0.39, 0.29) is 12.5 Å². The molecule has 0 aromatic rings. The Morgan fingerprint density at radius 1 is 0.614 bits per heavy atom. The Balaban J connectivity index is 2.37. The molecule has 0 aliphatic carbocycles. The van der Waals surface area contributed by atoms with Crippen LogP contribution in [-0.4, -0.2) is 87.5 Å². The van der Waals surface area contributed by atoms with E-state index in [0.29, 0.717) is 6.42 Å². The number of hydrogen-bond acceptors (Lipinski definition) is 8. The molecule has 9 nitrogen and oxygen atoms in total. The third-order valence-corrected chi connectivity index (χ3v) is 10.3. The minimum atomic E-state index is -1.57. The zero-order chi connectivity index (χ0) is 41.6. The number of aliphatic hydroxyl groups excluding tert-OH is 5. The van der Waals surface area contributed by atoms with Gasteiger partial charge in [0.1, 0.15) is 24.4 Å². The summed E-state index contributed by atoms with van der Waals surface area (Å²) in [5.41, 5.74) is 0. The molecule has 6 N–H and O–H groups in total. The summed E-state index contributed by atoms with van der Waals surface area (Å²) in [4.78, 5) is 12.9. The van der Waals surface area contributed by atoms with Gasteiger partial charge in [-0.1, -0.05) is 170 Å². The molecule has 1 amide bonds. The van der Waals surface area contributed by atoms with E-state index in [1.54, 1.807) is 6.08 Å². The van der Waals surface area contributed by atoms with E-state index in [1.165, 1.54) is 57.8 Å². The van der Waals surface area contributed by atoms with Crippen molar-refractivity contribution >= 4 is 5.91 Å². The first-order chi connectivity index (χ1) is 27.8. The summed E-state index contributed by atoms with van der Waals surface area (Å²) in [7, 11) is 0. The van der Waals surface area contributed by atoms with E-state index < -0.39 is 49.5 Å². The summed E-state index contributed by atoms with van der Waals surface area (Å²) in [6, 6.07) is -0.818. The molecule has 57 heavy (non-hydrogen) atoms. The summed E-state index contributed by atoms with van der Waals surface area (Å²) in [6.45, 7) is 3.62. The molecule has 1 aliphatic heterocycles. The minimum absolute atomic E-state index is 0.200. The average molecular weight is 802 g/mol. The lowest BCUT2D eigenvalue weighted by Gasteiger charge is -2.40. The predicted molar refractivity (Wildman–Crippen MR) is 235 cm³/mol. The first-order valence-electron chi connectivity index (χ1n) is 22.7. The van der Waals surface area contributed by atoms with Crippen molar-refractivity contribution in [3.63, 3.8) is 0 Å². The van der Waals surface area contributed by atoms with E-state index in [1.807, 2.05) is 6.08 Å². The van der Waals surface area contributed by atoms with Gasteiger partial charge in [0.05, 0.1) is 25.4 Å². The Kier molecular flexibility index (Phi) is 35.0. The fourth-order valence-electron chi connectivity index (χ4n) is 6.65. The van der Waals surface area contributed by atoms with Crippen LogP contribution < -0.4 is 5.32 Å². The second kappa shape index (κ2) is 37.9. The molecule has 328 valence electrons. The molecule has 0 bridgehead atoms. The lowest BCUT2D eigenvalue weighted by Crippen LogP contribution is -2.60. The molecule has 0 radical (unpaired) electrons. The maximum absolute atomic E-state index is 12.9. The molecule has 1 saturated heterocycles. The van der Waals surface area contributed by atoms with Crippen molar-refractivity contribution in [2.24, 2.45) is 0 Å². The van der Waals surface area contributed by atoms with Crippen molar-refractivity contribution in [2.45, 2.75) is 211 Å². The van der Waals surface area contributed by atoms with Gasteiger partial charge in [0, 0.05) is 6.42 Å². The van der Waals surface area contributed by atoms with Gasteiger partial charge in [0.25, 0.3) is 0 Å². The highest BCUT2D eigenvalue weighted by Crippen LogP contribution is 2.22. The normalized spacial score (nSPS) is 21.7. The number of unbranched alkanes of at least 4 members (excludes halogenated alkanes) is 16. The molecular weight excluding hydrogens is 719 g/mol. The van der Waals surface area contributed by atoms with Crippen molar-refractivity contribution in [3.05, 3.63) is 72.9 Å². The van der Waals surface area contributed by atoms with Crippen LogP contribution >= 0.6 is 0 Å². The van der Waals surface area contributed by atoms with Gasteiger partial charge >= 0.3 is 0 Å². The summed E-state index contributed by atoms with van der Waals surface area (Å²) in [5.74, 6) is -0.200. The molecule has 1 rings (SSSR count). The number of nitrogens with one attached hydrogen (secondary N) is 1. The van der Waals surface area contributed by atoms with Crippen LogP contribution in [0.2, 0.25) is 0 Å². The van der Waals surface area contributed by atoms with Gasteiger partial charge in [-0.2, -0.15) is 0 Å². The maximum atomic E-state index is 12.9. The largest absolute Gasteiger partial charge is 0.394 e. The predicted octanol–water partition coefficient (Wildman–Crippen LogP) is 9.39. The van der Waals surface area contributed by atoms with E-state index in [4.69, 9.17) is 9.47 Å². The number of aliphatic hydroxyl groups is 5. The number of amides is 1. The molecule has 0 saturated carbocycles. The smallest absolute Gasteiger partial charge is 0.220 e. The van der Waals surface area contributed by atoms with E-state index >= 15 is 0 Å². The zero-order valence-electron chi connectivity index (χ0n) is 35.8. The monoisotopic (exact) mass is 802 g/mol. The number of hydrogen-bond donors (Lipinski definition) is 6. The highest BCUT2D eigenvalue weighted by Gasteiger charge is 2.44. The summed E-state index contributed by atoms with van der Waals surface area (Å²) >= 11 is 0. The van der Waals surface area contributed by atoms with Gasteiger partial charge in [-0.05, 0) is 64.2 Å². The first-order valence-corrected chi connectivity index (χ1v) is 22.7. The van der Waals surface area contributed by atoms with Gasteiger partial charge in [0.2, 0.25) is 5.91 Å². The molecule has 7 atom stereocenters. The quantitative estimate of drug-likeness (QED) is 0.0271. The molecule has 9 heteroatoms. The van der Waals surface area contributed by atoms with Crippen LogP contribution in [0, 0.1) is 0 Å². The molecule has 0 spiro atoms. The number of rotatable bonds is 36. The first kappa shape index (κ1) is 52.6. The zero-order valence-corrected chi connectivity index (χ0v) is 35.8. The van der Waals surface area contributed by atoms with Crippen molar-refractivity contribution in [2.75, 3.05) is 13.2 Å². The van der Waals surface area contributed by atoms with Crippen LogP contribution in [0.5, 0.6) is 0 Å². The van der Waals surface area contributed by atoms with E-state index in [2.05, 4.69) is 79.9 Å². The van der Waals surface area contributed by atoms with Crippen molar-refractivity contribution in [1.82, 2.24) is 5.32 Å². The number of carbonyl (C=O) groups excluding carboxylic acids is 1. The van der Waals surface area contributed by atoms with Gasteiger partial charge in [-0.3, -0.25) is 4.79 Å². The van der Waals surface area contributed by atoms with E-state index in [9.17, 15) is 30.3 Å². The average Bonchev–Trinajstić information content (AvgIpc) is 3.21. The number of allylic oxidation sites excluding steroid dienone is 11. The van der Waals surface area contributed by atoms with E-state index in [0.717, 1.165) is 89.9 Å². The molecular formula is C48H83NO8. The molecule has 1 fully saturated rings. The number of carbonyl (C=O) groups is 1. The lowest BCUT2D eigenvalue weighted by atomic mass is 9.99. The Morgan fingerprint density at radius 2 is 1.09 bits per heavy atom. The van der Waals surface area contributed by atoms with Crippen LogP contribution in [-0.2, 0) is 14.3 Å². The molecule has 0 aromatic carbocycles. The molecule has 1 aliphatic rings.